The normalized spacial score (nSPS) is 18.1. The van der Waals surface area contributed by atoms with Gasteiger partial charge < -0.3 is 4.90 Å². The van der Waals surface area contributed by atoms with E-state index in [1.54, 1.807) is 29.2 Å². The summed E-state index contributed by atoms with van der Waals surface area (Å²) < 4.78 is 28.1. The summed E-state index contributed by atoms with van der Waals surface area (Å²) in [4.78, 5) is 16.2. The minimum absolute atomic E-state index is 0.0909. The van der Waals surface area contributed by atoms with Crippen LogP contribution in [0, 0.1) is 0 Å². The van der Waals surface area contributed by atoms with E-state index in [0.717, 1.165) is 37.3 Å². The summed E-state index contributed by atoms with van der Waals surface area (Å²) in [5.74, 6) is 0.0909. The first-order chi connectivity index (χ1) is 14.5. The van der Waals surface area contributed by atoms with Crippen LogP contribution >= 0.6 is 0 Å². The maximum atomic E-state index is 12.7. The second-order valence-corrected chi connectivity index (χ2v) is 9.89. The Bertz CT molecular complexity index is 983. The van der Waals surface area contributed by atoms with E-state index in [1.165, 1.54) is 24.8 Å². The molecule has 7 heteroatoms. The van der Waals surface area contributed by atoms with Gasteiger partial charge in [-0.15, -0.1) is 0 Å². The molecule has 2 aromatic carbocycles. The highest BCUT2D eigenvalue weighted by atomic mass is 32.2. The van der Waals surface area contributed by atoms with Crippen LogP contribution in [0.1, 0.15) is 43.2 Å². The van der Waals surface area contributed by atoms with E-state index in [4.69, 9.17) is 0 Å². The van der Waals surface area contributed by atoms with Gasteiger partial charge >= 0.3 is 0 Å². The molecule has 2 saturated heterocycles. The van der Waals surface area contributed by atoms with Gasteiger partial charge in [0.25, 0.3) is 0 Å². The predicted octanol–water partition coefficient (Wildman–Crippen LogP) is 3.28. The molecule has 4 rings (SSSR count). The first-order valence-electron chi connectivity index (χ1n) is 10.7. The largest absolute Gasteiger partial charge is 0.312 e. The van der Waals surface area contributed by atoms with Crippen molar-refractivity contribution < 1.29 is 13.2 Å². The fourth-order valence-electron chi connectivity index (χ4n) is 4.20. The SMILES string of the molecule is O=C1CCCN1c1ccc(S(=O)(=O)NCc2cccc(CN3CCCCC3)c2)cc1. The fourth-order valence-corrected chi connectivity index (χ4v) is 5.22. The lowest BCUT2D eigenvalue weighted by Gasteiger charge is -2.26. The molecule has 2 fully saturated rings. The third-order valence-corrected chi connectivity index (χ3v) is 7.26. The van der Waals surface area contributed by atoms with Crippen LogP contribution in [0.15, 0.2) is 53.4 Å². The molecule has 2 aliphatic rings. The number of benzene rings is 2. The molecule has 1 N–H and O–H groups in total. The number of anilines is 1. The first kappa shape index (κ1) is 21.0. The van der Waals surface area contributed by atoms with Crippen LogP contribution in [-0.2, 0) is 27.9 Å². The molecular weight excluding hydrogens is 398 g/mol. The molecule has 0 aliphatic carbocycles. The molecule has 6 nitrogen and oxygen atoms in total. The van der Waals surface area contributed by atoms with Crippen molar-refractivity contribution >= 4 is 21.6 Å². The minimum atomic E-state index is -3.62. The second kappa shape index (κ2) is 9.29. The van der Waals surface area contributed by atoms with E-state index < -0.39 is 10.0 Å². The van der Waals surface area contributed by atoms with Gasteiger partial charge in [-0.25, -0.2) is 13.1 Å². The van der Waals surface area contributed by atoms with Crippen LogP contribution in [0.4, 0.5) is 5.69 Å². The highest BCUT2D eigenvalue weighted by Gasteiger charge is 2.22. The Kier molecular flexibility index (Phi) is 6.51. The Hall–Kier alpha value is -2.22. The summed E-state index contributed by atoms with van der Waals surface area (Å²) in [6.07, 6.45) is 5.22. The standard InChI is InChI=1S/C23H29N3O3S/c27-23-8-5-15-26(23)21-9-11-22(12-10-21)30(28,29)24-17-19-6-4-7-20(16-19)18-25-13-2-1-3-14-25/h4,6-7,9-12,16,24H,1-3,5,8,13-15,17-18H2. The Morgan fingerprint density at radius 2 is 1.60 bits per heavy atom. The summed E-state index contributed by atoms with van der Waals surface area (Å²) in [5.41, 5.74) is 2.92. The molecule has 0 saturated carbocycles. The number of rotatable bonds is 7. The number of piperidine rings is 1. The molecule has 1 amide bonds. The molecule has 0 unspecified atom stereocenters. The molecule has 2 heterocycles. The van der Waals surface area contributed by atoms with Gasteiger partial charge in [0.2, 0.25) is 15.9 Å². The summed E-state index contributed by atoms with van der Waals surface area (Å²) in [6.45, 7) is 4.13. The van der Waals surface area contributed by atoms with Gasteiger partial charge in [-0.1, -0.05) is 30.7 Å². The van der Waals surface area contributed by atoms with Gasteiger partial charge in [0, 0.05) is 31.7 Å². The van der Waals surface area contributed by atoms with E-state index in [9.17, 15) is 13.2 Å². The maximum absolute atomic E-state index is 12.7. The lowest BCUT2D eigenvalue weighted by Crippen LogP contribution is -2.29. The highest BCUT2D eigenvalue weighted by Crippen LogP contribution is 2.23. The molecule has 0 bridgehead atoms. The third kappa shape index (κ3) is 5.09. The van der Waals surface area contributed by atoms with Crippen LogP contribution in [0.3, 0.4) is 0 Å². The van der Waals surface area contributed by atoms with Crippen molar-refractivity contribution in [2.75, 3.05) is 24.5 Å². The van der Waals surface area contributed by atoms with Crippen LogP contribution in [0.2, 0.25) is 0 Å². The smallest absolute Gasteiger partial charge is 0.240 e. The summed E-state index contributed by atoms with van der Waals surface area (Å²) in [6, 6.07) is 14.7. The molecule has 2 aliphatic heterocycles. The van der Waals surface area contributed by atoms with Gasteiger partial charge in [-0.2, -0.15) is 0 Å². The lowest BCUT2D eigenvalue weighted by molar-refractivity contribution is -0.117. The molecular formula is C23H29N3O3S. The van der Waals surface area contributed by atoms with E-state index in [0.29, 0.717) is 13.0 Å². The Morgan fingerprint density at radius 3 is 2.30 bits per heavy atom. The zero-order valence-corrected chi connectivity index (χ0v) is 18.0. The molecule has 160 valence electrons. The molecule has 0 atom stereocenters. The topological polar surface area (TPSA) is 69.7 Å². The second-order valence-electron chi connectivity index (χ2n) is 8.12. The summed E-state index contributed by atoms with van der Waals surface area (Å²) in [7, 11) is -3.62. The Balaban J connectivity index is 1.38. The lowest BCUT2D eigenvalue weighted by atomic mass is 10.1. The number of hydrogen-bond acceptors (Lipinski definition) is 4. The monoisotopic (exact) mass is 427 g/mol. The predicted molar refractivity (Wildman–Crippen MR) is 118 cm³/mol. The average molecular weight is 428 g/mol. The van der Waals surface area contributed by atoms with Gasteiger partial charge in [0.05, 0.1) is 4.90 Å². The molecule has 0 radical (unpaired) electrons. The van der Waals surface area contributed by atoms with Crippen molar-refractivity contribution in [3.63, 3.8) is 0 Å². The van der Waals surface area contributed by atoms with E-state index in [1.807, 2.05) is 12.1 Å². The zero-order valence-electron chi connectivity index (χ0n) is 17.2. The van der Waals surface area contributed by atoms with Crippen molar-refractivity contribution in [3.05, 3.63) is 59.7 Å². The van der Waals surface area contributed by atoms with Crippen LogP contribution < -0.4 is 9.62 Å². The number of carbonyl (C=O) groups is 1. The van der Waals surface area contributed by atoms with Crippen molar-refractivity contribution in [3.8, 4) is 0 Å². The number of likely N-dealkylation sites (tertiary alicyclic amines) is 1. The van der Waals surface area contributed by atoms with Gasteiger partial charge in [-0.3, -0.25) is 9.69 Å². The van der Waals surface area contributed by atoms with E-state index in [-0.39, 0.29) is 17.3 Å². The van der Waals surface area contributed by atoms with Crippen molar-refractivity contribution in [1.29, 1.82) is 0 Å². The first-order valence-corrected chi connectivity index (χ1v) is 12.2. The molecule has 30 heavy (non-hydrogen) atoms. The van der Waals surface area contributed by atoms with Gasteiger partial charge in [0.1, 0.15) is 0 Å². The average Bonchev–Trinajstić information content (AvgIpc) is 3.19. The number of nitrogens with zero attached hydrogens (tertiary/aromatic N) is 2. The number of sulfonamides is 1. The zero-order chi connectivity index (χ0) is 21.0. The van der Waals surface area contributed by atoms with E-state index >= 15 is 0 Å². The fraction of sp³-hybridized carbons (Fsp3) is 0.435. The molecule has 0 aromatic heterocycles. The van der Waals surface area contributed by atoms with E-state index in [2.05, 4.69) is 21.8 Å². The number of amides is 1. The quantitative estimate of drug-likeness (QED) is 0.736. The van der Waals surface area contributed by atoms with Crippen LogP contribution in [0.25, 0.3) is 0 Å². The highest BCUT2D eigenvalue weighted by molar-refractivity contribution is 7.89. The Labute approximate surface area is 178 Å². The minimum Gasteiger partial charge on any atom is -0.312 e. The molecule has 0 spiro atoms. The number of hydrogen-bond donors (Lipinski definition) is 1. The van der Waals surface area contributed by atoms with Gasteiger partial charge in [-0.05, 0) is 67.7 Å². The van der Waals surface area contributed by atoms with Crippen molar-refractivity contribution in [2.24, 2.45) is 0 Å². The third-order valence-electron chi connectivity index (χ3n) is 5.84. The number of carbonyl (C=O) groups excluding carboxylic acids is 1. The van der Waals surface area contributed by atoms with Crippen LogP contribution in [-0.4, -0.2) is 38.9 Å². The van der Waals surface area contributed by atoms with Crippen LogP contribution in [0.5, 0.6) is 0 Å². The summed E-state index contributed by atoms with van der Waals surface area (Å²) in [5, 5.41) is 0. The number of nitrogens with one attached hydrogen (secondary N) is 1. The molecule has 2 aromatic rings. The van der Waals surface area contributed by atoms with Crippen molar-refractivity contribution in [2.45, 2.75) is 50.1 Å². The summed E-state index contributed by atoms with van der Waals surface area (Å²) >= 11 is 0. The Morgan fingerprint density at radius 1 is 0.867 bits per heavy atom. The van der Waals surface area contributed by atoms with Crippen molar-refractivity contribution in [1.82, 2.24) is 9.62 Å². The maximum Gasteiger partial charge on any atom is 0.240 e. The van der Waals surface area contributed by atoms with Gasteiger partial charge in [0.15, 0.2) is 0 Å².